The van der Waals surface area contributed by atoms with Crippen molar-refractivity contribution in [1.82, 2.24) is 10.1 Å². The van der Waals surface area contributed by atoms with E-state index in [-0.39, 0.29) is 19.3 Å². The Balaban J connectivity index is 2.29. The average Bonchev–Trinajstić information content (AvgIpc) is 2.78. The number of imide groups is 1. The van der Waals surface area contributed by atoms with Crippen LogP contribution in [-0.2, 0) is 33.6 Å². The molecule has 1 heterocycles. The molecule has 1 aliphatic heterocycles. The molecular formula is C13H12N2O7. The van der Waals surface area contributed by atoms with Crippen LogP contribution in [0.3, 0.4) is 0 Å². The molecule has 0 aromatic carbocycles. The third kappa shape index (κ3) is 4.75. The SMILES string of the molecule is C#CC(=O)ON(C)C(=O)CCCC(=O)ON1C(=O)C=CC1=O. The molecular weight excluding hydrogens is 296 g/mol. The van der Waals surface area contributed by atoms with Gasteiger partial charge in [0.2, 0.25) is 0 Å². The van der Waals surface area contributed by atoms with Crippen LogP contribution in [0.5, 0.6) is 0 Å². The average molecular weight is 308 g/mol. The van der Waals surface area contributed by atoms with Crippen LogP contribution in [0.1, 0.15) is 19.3 Å². The molecule has 0 aromatic rings. The molecule has 0 spiro atoms. The summed E-state index contributed by atoms with van der Waals surface area (Å²) in [6.07, 6.45) is 6.44. The maximum atomic E-state index is 11.5. The van der Waals surface area contributed by atoms with Gasteiger partial charge in [-0.25, -0.2) is 9.59 Å². The quantitative estimate of drug-likeness (QED) is 0.367. The van der Waals surface area contributed by atoms with Crippen molar-refractivity contribution in [3.63, 3.8) is 0 Å². The predicted molar refractivity (Wildman–Crippen MR) is 68.6 cm³/mol. The van der Waals surface area contributed by atoms with Gasteiger partial charge in [-0.05, 0) is 6.42 Å². The molecule has 116 valence electrons. The van der Waals surface area contributed by atoms with Crippen LogP contribution in [-0.4, -0.2) is 46.8 Å². The van der Waals surface area contributed by atoms with Gasteiger partial charge in [-0.3, -0.25) is 14.4 Å². The maximum absolute atomic E-state index is 11.5. The fourth-order valence-electron chi connectivity index (χ4n) is 1.37. The maximum Gasteiger partial charge on any atom is 0.408 e. The summed E-state index contributed by atoms with van der Waals surface area (Å²) in [4.78, 5) is 65.0. The normalized spacial score (nSPS) is 12.8. The van der Waals surface area contributed by atoms with Gasteiger partial charge in [-0.15, -0.1) is 6.42 Å². The van der Waals surface area contributed by atoms with Gasteiger partial charge in [0.15, 0.2) is 0 Å². The van der Waals surface area contributed by atoms with Crippen LogP contribution in [0.4, 0.5) is 0 Å². The highest BCUT2D eigenvalue weighted by Gasteiger charge is 2.27. The Hall–Kier alpha value is -3.15. The number of hydrogen-bond acceptors (Lipinski definition) is 7. The van der Waals surface area contributed by atoms with Crippen LogP contribution in [0.25, 0.3) is 0 Å². The van der Waals surface area contributed by atoms with Crippen molar-refractivity contribution in [3.8, 4) is 12.3 Å². The van der Waals surface area contributed by atoms with E-state index in [0.717, 1.165) is 12.2 Å². The summed E-state index contributed by atoms with van der Waals surface area (Å²) < 4.78 is 0. The summed E-state index contributed by atoms with van der Waals surface area (Å²) in [6.45, 7) is 0. The fraction of sp³-hybridized carbons (Fsp3) is 0.308. The van der Waals surface area contributed by atoms with E-state index in [1.54, 1.807) is 5.92 Å². The van der Waals surface area contributed by atoms with E-state index in [1.165, 1.54) is 7.05 Å². The molecule has 3 amide bonds. The van der Waals surface area contributed by atoms with E-state index in [1.807, 2.05) is 0 Å². The highest BCUT2D eigenvalue weighted by atomic mass is 16.7. The number of carbonyl (C=O) groups excluding carboxylic acids is 5. The third-order valence-electron chi connectivity index (χ3n) is 2.42. The Morgan fingerprint density at radius 1 is 1.23 bits per heavy atom. The van der Waals surface area contributed by atoms with Crippen molar-refractivity contribution < 1.29 is 33.6 Å². The van der Waals surface area contributed by atoms with Crippen LogP contribution in [0, 0.1) is 12.3 Å². The lowest BCUT2D eigenvalue weighted by molar-refractivity contribution is -0.196. The number of rotatable bonds is 5. The van der Waals surface area contributed by atoms with Crippen molar-refractivity contribution in [2.24, 2.45) is 0 Å². The molecule has 0 fully saturated rings. The Kier molecular flexibility index (Phi) is 5.83. The number of hydrogen-bond donors (Lipinski definition) is 0. The summed E-state index contributed by atoms with van der Waals surface area (Å²) in [5, 5.41) is 0.982. The summed E-state index contributed by atoms with van der Waals surface area (Å²) in [7, 11) is 1.20. The van der Waals surface area contributed by atoms with Gasteiger partial charge in [-0.1, -0.05) is 5.06 Å². The van der Waals surface area contributed by atoms with Gasteiger partial charge < -0.3 is 9.68 Å². The molecule has 0 saturated carbocycles. The monoisotopic (exact) mass is 308 g/mol. The van der Waals surface area contributed by atoms with Crippen LogP contribution < -0.4 is 0 Å². The number of amides is 3. The minimum atomic E-state index is -1.02. The second-order valence-electron chi connectivity index (χ2n) is 4.04. The summed E-state index contributed by atoms with van der Waals surface area (Å²) in [6, 6.07) is 0. The zero-order valence-corrected chi connectivity index (χ0v) is 11.6. The van der Waals surface area contributed by atoms with Gasteiger partial charge >= 0.3 is 11.9 Å². The van der Waals surface area contributed by atoms with E-state index in [2.05, 4.69) is 9.68 Å². The first-order valence-corrected chi connectivity index (χ1v) is 6.07. The summed E-state index contributed by atoms with van der Waals surface area (Å²) in [5.74, 6) is -2.28. The Morgan fingerprint density at radius 3 is 2.36 bits per heavy atom. The number of terminal acetylenes is 1. The molecule has 0 N–H and O–H groups in total. The summed E-state index contributed by atoms with van der Waals surface area (Å²) in [5.41, 5.74) is 0. The molecule has 0 atom stereocenters. The van der Waals surface area contributed by atoms with Gasteiger partial charge in [0.25, 0.3) is 17.7 Å². The second kappa shape index (κ2) is 7.58. The minimum absolute atomic E-state index is 0.0687. The van der Waals surface area contributed by atoms with E-state index >= 15 is 0 Å². The van der Waals surface area contributed by atoms with Crippen molar-refractivity contribution in [1.29, 1.82) is 0 Å². The molecule has 0 saturated heterocycles. The molecule has 22 heavy (non-hydrogen) atoms. The molecule has 0 radical (unpaired) electrons. The Labute approximate surface area is 125 Å². The second-order valence-corrected chi connectivity index (χ2v) is 4.04. The first-order valence-electron chi connectivity index (χ1n) is 6.07. The number of nitrogens with zero attached hydrogens (tertiary/aromatic N) is 2. The van der Waals surface area contributed by atoms with Gasteiger partial charge in [0.05, 0.1) is 0 Å². The van der Waals surface area contributed by atoms with Crippen LogP contribution >= 0.6 is 0 Å². The highest BCUT2D eigenvalue weighted by molar-refractivity contribution is 6.12. The molecule has 0 bridgehead atoms. The molecule has 1 rings (SSSR count). The third-order valence-corrected chi connectivity index (χ3v) is 2.42. The van der Waals surface area contributed by atoms with Gasteiger partial charge in [-0.2, -0.15) is 5.06 Å². The number of hydroxylamine groups is 4. The zero-order chi connectivity index (χ0) is 16.7. The predicted octanol–water partition coefficient (Wildman–Crippen LogP) is -0.910. The largest absolute Gasteiger partial charge is 0.408 e. The van der Waals surface area contributed by atoms with E-state index in [9.17, 15) is 24.0 Å². The summed E-state index contributed by atoms with van der Waals surface area (Å²) >= 11 is 0. The first kappa shape index (κ1) is 16.9. The number of carbonyl (C=O) groups is 5. The zero-order valence-electron chi connectivity index (χ0n) is 11.6. The van der Waals surface area contributed by atoms with E-state index < -0.39 is 29.7 Å². The van der Waals surface area contributed by atoms with Gasteiger partial charge in [0.1, 0.15) is 0 Å². The Bertz CT molecular complexity index is 570. The van der Waals surface area contributed by atoms with Gasteiger partial charge in [0, 0.05) is 38.0 Å². The topological polar surface area (TPSA) is 110 Å². The molecule has 9 heteroatoms. The van der Waals surface area contributed by atoms with Crippen molar-refractivity contribution in [3.05, 3.63) is 12.2 Å². The molecule has 0 aliphatic carbocycles. The lowest BCUT2D eigenvalue weighted by Gasteiger charge is -2.14. The lowest BCUT2D eigenvalue weighted by atomic mass is 10.2. The van der Waals surface area contributed by atoms with E-state index in [0.29, 0.717) is 10.1 Å². The molecule has 0 unspecified atom stereocenters. The molecule has 9 nitrogen and oxygen atoms in total. The van der Waals surface area contributed by atoms with Crippen molar-refractivity contribution in [2.75, 3.05) is 7.05 Å². The van der Waals surface area contributed by atoms with Crippen molar-refractivity contribution >= 4 is 29.7 Å². The van der Waals surface area contributed by atoms with Crippen molar-refractivity contribution in [2.45, 2.75) is 19.3 Å². The lowest BCUT2D eigenvalue weighted by Crippen LogP contribution is -2.33. The standard InChI is InChI=1S/C13H12N2O7/c1-3-12(19)21-14(2)9(16)5-4-6-13(20)22-15-10(17)7-8-11(15)18/h1,7-8H,4-6H2,2H3. The fourth-order valence-corrected chi connectivity index (χ4v) is 1.37. The Morgan fingerprint density at radius 2 is 1.82 bits per heavy atom. The van der Waals surface area contributed by atoms with E-state index in [4.69, 9.17) is 6.42 Å². The smallest absolute Gasteiger partial charge is 0.330 e. The molecule has 0 aromatic heterocycles. The van der Waals surface area contributed by atoms with Crippen LogP contribution in [0.15, 0.2) is 12.2 Å². The molecule has 1 aliphatic rings. The first-order chi connectivity index (χ1) is 10.3. The highest BCUT2D eigenvalue weighted by Crippen LogP contribution is 2.08. The minimum Gasteiger partial charge on any atom is -0.330 e. The van der Waals surface area contributed by atoms with Crippen LogP contribution in [0.2, 0.25) is 0 Å².